The molecule has 1 unspecified atom stereocenters. The molecule has 1 aliphatic heterocycles. The Morgan fingerprint density at radius 1 is 1.21 bits per heavy atom. The topological polar surface area (TPSA) is 64.3 Å². The molecular formula is C25H33N5O2S2. The smallest absolute Gasteiger partial charge is 0.223 e. The molecule has 0 spiro atoms. The lowest BCUT2D eigenvalue weighted by Crippen LogP contribution is -2.44. The summed E-state index contributed by atoms with van der Waals surface area (Å²) in [6.45, 7) is 8.61. The normalized spacial score (nSPS) is 16.0. The van der Waals surface area contributed by atoms with Crippen molar-refractivity contribution in [2.24, 2.45) is 11.8 Å². The van der Waals surface area contributed by atoms with Crippen molar-refractivity contribution in [3.63, 3.8) is 0 Å². The Hall–Kier alpha value is -2.49. The fraction of sp³-hybridized carbons (Fsp3) is 0.480. The average molecular weight is 500 g/mol. The van der Waals surface area contributed by atoms with Crippen molar-refractivity contribution in [1.82, 2.24) is 24.6 Å². The first-order valence-corrected chi connectivity index (χ1v) is 13.1. The molecule has 0 aliphatic carbocycles. The van der Waals surface area contributed by atoms with Crippen LogP contribution in [0.25, 0.3) is 16.4 Å². The Balaban J connectivity index is 1.53. The monoisotopic (exact) mass is 499 g/mol. The van der Waals surface area contributed by atoms with Crippen LogP contribution in [0.3, 0.4) is 0 Å². The maximum atomic E-state index is 12.7. The van der Waals surface area contributed by atoms with Gasteiger partial charge in [0.05, 0.1) is 24.3 Å². The maximum Gasteiger partial charge on any atom is 0.223 e. The summed E-state index contributed by atoms with van der Waals surface area (Å²) in [5.74, 6) is 2.23. The van der Waals surface area contributed by atoms with Gasteiger partial charge in [-0.3, -0.25) is 14.3 Å². The third-order valence-electron chi connectivity index (χ3n) is 6.57. The van der Waals surface area contributed by atoms with Crippen molar-refractivity contribution in [3.05, 3.63) is 46.5 Å². The number of thiophene rings is 1. The number of benzene rings is 1. The van der Waals surface area contributed by atoms with E-state index in [2.05, 4.69) is 37.1 Å². The first kappa shape index (κ1) is 24.6. The molecule has 3 aromatic rings. The van der Waals surface area contributed by atoms with Crippen molar-refractivity contribution in [3.8, 4) is 22.1 Å². The molecule has 2 aromatic heterocycles. The highest BCUT2D eigenvalue weighted by Gasteiger charge is 2.27. The van der Waals surface area contributed by atoms with E-state index in [1.54, 1.807) is 18.4 Å². The van der Waals surface area contributed by atoms with E-state index >= 15 is 0 Å². The second-order valence-electron chi connectivity index (χ2n) is 9.17. The molecule has 3 heterocycles. The van der Waals surface area contributed by atoms with Gasteiger partial charge in [-0.2, -0.15) is 0 Å². The average Bonchev–Trinajstić information content (AvgIpc) is 3.48. The minimum atomic E-state index is 0.0678. The molecule has 182 valence electrons. The molecule has 1 aliphatic rings. The molecule has 1 atom stereocenters. The van der Waals surface area contributed by atoms with Crippen LogP contribution in [-0.2, 0) is 11.5 Å². The molecule has 1 N–H and O–H groups in total. The van der Waals surface area contributed by atoms with Crippen molar-refractivity contribution in [2.75, 3.05) is 20.2 Å². The van der Waals surface area contributed by atoms with E-state index in [1.165, 1.54) is 0 Å². The molecule has 34 heavy (non-hydrogen) atoms. The minimum Gasteiger partial charge on any atom is -0.495 e. The standard InChI is InChI=1S/C25H33N5O2S2/c1-17(2)18(3)26-24(31)19-11-13-28(14-12-19)16-29-25(33)30(20-8-5-6-9-21(20)32-4)23(27-29)22-10-7-15-34-22/h5-10,15,17-19H,11-14,16H2,1-4H3,(H,26,31). The number of amides is 1. The van der Waals surface area contributed by atoms with E-state index in [0.29, 0.717) is 17.4 Å². The van der Waals surface area contributed by atoms with Crippen molar-refractivity contribution >= 4 is 29.5 Å². The fourth-order valence-corrected chi connectivity index (χ4v) is 5.11. The zero-order valence-corrected chi connectivity index (χ0v) is 21.9. The lowest BCUT2D eigenvalue weighted by atomic mass is 9.95. The van der Waals surface area contributed by atoms with Crippen molar-refractivity contribution in [2.45, 2.75) is 46.3 Å². The van der Waals surface area contributed by atoms with Crippen LogP contribution < -0.4 is 10.1 Å². The molecule has 1 saturated heterocycles. The summed E-state index contributed by atoms with van der Waals surface area (Å²) in [5, 5.41) is 10.1. The molecule has 1 aromatic carbocycles. The van der Waals surface area contributed by atoms with Crippen LogP contribution >= 0.6 is 23.6 Å². The number of para-hydroxylation sites is 2. The predicted octanol–water partition coefficient (Wildman–Crippen LogP) is 4.97. The van der Waals surface area contributed by atoms with Gasteiger partial charge in [-0.25, -0.2) is 4.68 Å². The molecule has 1 fully saturated rings. The van der Waals surface area contributed by atoms with Crippen LogP contribution in [0.1, 0.15) is 33.6 Å². The SMILES string of the molecule is COc1ccccc1-n1c(-c2cccs2)nn(CN2CCC(C(=O)NC(C)C(C)C)CC2)c1=S. The second-order valence-corrected chi connectivity index (χ2v) is 10.5. The van der Waals surface area contributed by atoms with Crippen molar-refractivity contribution in [1.29, 1.82) is 0 Å². The molecule has 0 radical (unpaired) electrons. The number of ether oxygens (including phenoxy) is 1. The molecule has 1 amide bonds. The van der Waals surface area contributed by atoms with Crippen LogP contribution in [0, 0.1) is 16.6 Å². The van der Waals surface area contributed by atoms with Gasteiger partial charge in [0, 0.05) is 25.0 Å². The van der Waals surface area contributed by atoms with Crippen LogP contribution in [-0.4, -0.2) is 51.4 Å². The number of piperidine rings is 1. The number of methoxy groups -OCH3 is 1. The number of nitrogens with zero attached hydrogens (tertiary/aromatic N) is 4. The quantitative estimate of drug-likeness (QED) is 0.443. The van der Waals surface area contributed by atoms with E-state index in [4.69, 9.17) is 22.1 Å². The van der Waals surface area contributed by atoms with Gasteiger partial charge in [0.25, 0.3) is 0 Å². The number of carbonyl (C=O) groups is 1. The predicted molar refractivity (Wildman–Crippen MR) is 139 cm³/mol. The fourth-order valence-electron chi connectivity index (χ4n) is 4.13. The summed E-state index contributed by atoms with van der Waals surface area (Å²) in [6, 6.07) is 12.1. The molecule has 4 rings (SSSR count). The largest absolute Gasteiger partial charge is 0.495 e. The Morgan fingerprint density at radius 3 is 2.59 bits per heavy atom. The second kappa shape index (κ2) is 10.8. The Kier molecular flexibility index (Phi) is 7.85. The third kappa shape index (κ3) is 5.26. The third-order valence-corrected chi connectivity index (χ3v) is 7.83. The van der Waals surface area contributed by atoms with E-state index in [0.717, 1.165) is 48.1 Å². The Morgan fingerprint density at radius 2 is 1.94 bits per heavy atom. The lowest BCUT2D eigenvalue weighted by Gasteiger charge is -2.32. The van der Waals surface area contributed by atoms with Gasteiger partial charge in [-0.1, -0.05) is 32.0 Å². The van der Waals surface area contributed by atoms with Gasteiger partial charge >= 0.3 is 0 Å². The van der Waals surface area contributed by atoms with Gasteiger partial charge < -0.3 is 10.1 Å². The zero-order valence-electron chi connectivity index (χ0n) is 20.2. The number of carbonyl (C=O) groups excluding carboxylic acids is 1. The number of hydrogen-bond acceptors (Lipinski definition) is 6. The summed E-state index contributed by atoms with van der Waals surface area (Å²) >= 11 is 7.54. The summed E-state index contributed by atoms with van der Waals surface area (Å²) < 4.78 is 10.1. The molecule has 0 bridgehead atoms. The first-order valence-electron chi connectivity index (χ1n) is 11.8. The van der Waals surface area contributed by atoms with Gasteiger partial charge in [0.2, 0.25) is 10.7 Å². The van der Waals surface area contributed by atoms with Gasteiger partial charge in [0.1, 0.15) is 5.75 Å². The number of nitrogens with one attached hydrogen (secondary N) is 1. The Labute approximate surface area is 210 Å². The zero-order chi connectivity index (χ0) is 24.2. The highest BCUT2D eigenvalue weighted by Crippen LogP contribution is 2.31. The first-order chi connectivity index (χ1) is 16.4. The van der Waals surface area contributed by atoms with Crippen LogP contribution in [0.4, 0.5) is 0 Å². The maximum absolute atomic E-state index is 12.7. The number of aromatic nitrogens is 3. The van der Waals surface area contributed by atoms with E-state index in [-0.39, 0.29) is 17.9 Å². The summed E-state index contributed by atoms with van der Waals surface area (Å²) in [6.07, 6.45) is 1.68. The van der Waals surface area contributed by atoms with E-state index < -0.39 is 0 Å². The van der Waals surface area contributed by atoms with Crippen molar-refractivity contribution < 1.29 is 9.53 Å². The molecule has 9 heteroatoms. The number of likely N-dealkylation sites (tertiary alicyclic amines) is 1. The van der Waals surface area contributed by atoms with Gasteiger partial charge in [0.15, 0.2) is 5.82 Å². The molecule has 0 saturated carbocycles. The van der Waals surface area contributed by atoms with Gasteiger partial charge in [-0.15, -0.1) is 16.4 Å². The Bertz CT molecular complexity index is 1160. The van der Waals surface area contributed by atoms with E-state index in [1.807, 2.05) is 45.0 Å². The van der Waals surface area contributed by atoms with Crippen LogP contribution in [0.5, 0.6) is 5.75 Å². The number of rotatable bonds is 8. The van der Waals surface area contributed by atoms with Gasteiger partial charge in [-0.05, 0) is 61.5 Å². The highest BCUT2D eigenvalue weighted by atomic mass is 32.1. The van der Waals surface area contributed by atoms with Crippen LogP contribution in [0.2, 0.25) is 0 Å². The number of hydrogen-bond donors (Lipinski definition) is 1. The lowest BCUT2D eigenvalue weighted by molar-refractivity contribution is -0.127. The summed E-state index contributed by atoms with van der Waals surface area (Å²) in [7, 11) is 1.67. The molecular weight excluding hydrogens is 466 g/mol. The minimum absolute atomic E-state index is 0.0678. The molecule has 7 nitrogen and oxygen atoms in total. The van der Waals surface area contributed by atoms with Crippen LogP contribution in [0.15, 0.2) is 41.8 Å². The van der Waals surface area contributed by atoms with E-state index in [9.17, 15) is 4.79 Å². The summed E-state index contributed by atoms with van der Waals surface area (Å²) in [5.41, 5.74) is 0.874. The highest BCUT2D eigenvalue weighted by molar-refractivity contribution is 7.71. The summed E-state index contributed by atoms with van der Waals surface area (Å²) in [4.78, 5) is 16.0.